The summed E-state index contributed by atoms with van der Waals surface area (Å²) in [5, 5.41) is 3.92. The molecule has 3 heteroatoms. The van der Waals surface area contributed by atoms with E-state index in [1.54, 1.807) is 0 Å². The Bertz CT molecular complexity index is 343. The van der Waals surface area contributed by atoms with E-state index >= 15 is 0 Å². The number of aryl methyl sites for hydroxylation is 2. The van der Waals surface area contributed by atoms with Gasteiger partial charge in [-0.05, 0) is 38.8 Å². The molecule has 16 heavy (non-hydrogen) atoms. The van der Waals surface area contributed by atoms with Crippen molar-refractivity contribution in [3.05, 3.63) is 34.9 Å². The molecule has 1 rings (SSSR count). The predicted molar refractivity (Wildman–Crippen MR) is 71.3 cm³/mol. The molecule has 2 nitrogen and oxygen atoms in total. The summed E-state index contributed by atoms with van der Waals surface area (Å²) in [4.78, 5) is 11.8. The zero-order valence-corrected chi connectivity index (χ0v) is 11.4. The second-order valence-corrected chi connectivity index (χ2v) is 4.82. The first-order valence-corrected chi connectivity index (χ1v) is 6.68. The fourth-order valence-corrected chi connectivity index (χ4v) is 2.03. The van der Waals surface area contributed by atoms with Crippen molar-refractivity contribution in [2.24, 2.45) is 0 Å². The van der Waals surface area contributed by atoms with Gasteiger partial charge in [0.25, 0.3) is 5.91 Å². The maximum Gasteiger partial charge on any atom is 0.251 e. The summed E-state index contributed by atoms with van der Waals surface area (Å²) in [6.07, 6.45) is 2.11. The summed E-state index contributed by atoms with van der Waals surface area (Å²) in [5.74, 6) is 0.0290. The summed E-state index contributed by atoms with van der Waals surface area (Å²) >= 11 is 3.37. The highest BCUT2D eigenvalue weighted by molar-refractivity contribution is 9.09. The van der Waals surface area contributed by atoms with Crippen molar-refractivity contribution in [3.63, 3.8) is 0 Å². The molecular formula is C13H18BrNO. The van der Waals surface area contributed by atoms with Gasteiger partial charge < -0.3 is 5.32 Å². The third-order valence-electron chi connectivity index (χ3n) is 2.33. The number of carbonyl (C=O) groups is 1. The Morgan fingerprint density at radius 2 is 1.81 bits per heavy atom. The lowest BCUT2D eigenvalue weighted by Gasteiger charge is -2.06. The van der Waals surface area contributed by atoms with Crippen LogP contribution in [0.5, 0.6) is 0 Å². The third-order valence-corrected chi connectivity index (χ3v) is 2.89. The van der Waals surface area contributed by atoms with Crippen LogP contribution in [0.1, 0.15) is 34.3 Å². The lowest BCUT2D eigenvalue weighted by atomic mass is 10.1. The number of alkyl halides is 1. The molecule has 1 aromatic carbocycles. The van der Waals surface area contributed by atoms with E-state index in [2.05, 4.69) is 27.3 Å². The van der Waals surface area contributed by atoms with Crippen molar-refractivity contribution in [3.8, 4) is 0 Å². The first-order chi connectivity index (χ1) is 7.63. The van der Waals surface area contributed by atoms with Gasteiger partial charge in [-0.1, -0.05) is 33.1 Å². The van der Waals surface area contributed by atoms with E-state index in [-0.39, 0.29) is 5.91 Å². The van der Waals surface area contributed by atoms with E-state index in [9.17, 15) is 4.79 Å². The van der Waals surface area contributed by atoms with Gasteiger partial charge in [0.15, 0.2) is 0 Å². The highest BCUT2D eigenvalue weighted by Gasteiger charge is 2.05. The average Bonchev–Trinajstić information content (AvgIpc) is 2.22. The van der Waals surface area contributed by atoms with Crippen LogP contribution in [0.3, 0.4) is 0 Å². The van der Waals surface area contributed by atoms with Crippen LogP contribution in [0.4, 0.5) is 0 Å². The van der Waals surface area contributed by atoms with Crippen molar-refractivity contribution in [2.45, 2.75) is 26.7 Å². The number of rotatable bonds is 5. The predicted octanol–water partition coefficient (Wildman–Crippen LogP) is 3.21. The number of benzene rings is 1. The standard InChI is InChI=1S/C13H18BrNO/c1-10-7-11(2)9-12(8-10)13(16)15-6-4-3-5-14/h7-9H,3-6H2,1-2H3,(H,15,16). The number of carbonyl (C=O) groups excluding carboxylic acids is 1. The van der Waals surface area contributed by atoms with Gasteiger partial charge in [0.1, 0.15) is 0 Å². The summed E-state index contributed by atoms with van der Waals surface area (Å²) in [7, 11) is 0. The van der Waals surface area contributed by atoms with Crippen LogP contribution in [-0.4, -0.2) is 17.8 Å². The fourth-order valence-electron chi connectivity index (χ4n) is 1.63. The highest BCUT2D eigenvalue weighted by atomic mass is 79.9. The van der Waals surface area contributed by atoms with Gasteiger partial charge in [-0.3, -0.25) is 4.79 Å². The Kier molecular flexibility index (Phi) is 5.53. The van der Waals surface area contributed by atoms with Gasteiger partial charge in [0.2, 0.25) is 0 Å². The minimum absolute atomic E-state index is 0.0290. The monoisotopic (exact) mass is 283 g/mol. The smallest absolute Gasteiger partial charge is 0.251 e. The normalized spacial score (nSPS) is 10.2. The zero-order chi connectivity index (χ0) is 12.0. The molecule has 0 fully saturated rings. The van der Waals surface area contributed by atoms with Crippen molar-refractivity contribution in [1.29, 1.82) is 0 Å². The van der Waals surface area contributed by atoms with Crippen LogP contribution in [0.25, 0.3) is 0 Å². The van der Waals surface area contributed by atoms with Crippen molar-refractivity contribution in [2.75, 3.05) is 11.9 Å². The number of amides is 1. The molecule has 0 saturated carbocycles. The Hall–Kier alpha value is -0.830. The highest BCUT2D eigenvalue weighted by Crippen LogP contribution is 2.08. The lowest BCUT2D eigenvalue weighted by Crippen LogP contribution is -2.24. The molecular weight excluding hydrogens is 266 g/mol. The lowest BCUT2D eigenvalue weighted by molar-refractivity contribution is 0.0953. The van der Waals surface area contributed by atoms with Crippen LogP contribution in [0, 0.1) is 13.8 Å². The maximum atomic E-state index is 11.8. The largest absolute Gasteiger partial charge is 0.352 e. The van der Waals surface area contributed by atoms with E-state index in [1.807, 2.05) is 26.0 Å². The minimum Gasteiger partial charge on any atom is -0.352 e. The van der Waals surface area contributed by atoms with Crippen LogP contribution in [0.2, 0.25) is 0 Å². The molecule has 0 heterocycles. The molecule has 0 radical (unpaired) electrons. The molecule has 0 spiro atoms. The van der Waals surface area contributed by atoms with Crippen LogP contribution >= 0.6 is 15.9 Å². The molecule has 0 aliphatic heterocycles. The minimum atomic E-state index is 0.0290. The first-order valence-electron chi connectivity index (χ1n) is 5.56. The van der Waals surface area contributed by atoms with Crippen molar-refractivity contribution in [1.82, 2.24) is 5.32 Å². The number of nitrogens with one attached hydrogen (secondary N) is 1. The quantitative estimate of drug-likeness (QED) is 0.653. The zero-order valence-electron chi connectivity index (χ0n) is 9.85. The first kappa shape index (κ1) is 13.2. The molecule has 88 valence electrons. The van der Waals surface area contributed by atoms with Crippen molar-refractivity contribution < 1.29 is 4.79 Å². The molecule has 0 saturated heterocycles. The molecule has 1 aromatic rings. The van der Waals surface area contributed by atoms with Crippen LogP contribution in [0.15, 0.2) is 18.2 Å². The molecule has 0 unspecified atom stereocenters. The van der Waals surface area contributed by atoms with Gasteiger partial charge in [0, 0.05) is 17.4 Å². The summed E-state index contributed by atoms with van der Waals surface area (Å²) < 4.78 is 0. The summed E-state index contributed by atoms with van der Waals surface area (Å²) in [6.45, 7) is 4.76. The fraction of sp³-hybridized carbons (Fsp3) is 0.462. The summed E-state index contributed by atoms with van der Waals surface area (Å²) in [6, 6.07) is 5.92. The van der Waals surface area contributed by atoms with Gasteiger partial charge in [0.05, 0.1) is 0 Å². The Balaban J connectivity index is 2.52. The Morgan fingerprint density at radius 3 is 2.38 bits per heavy atom. The topological polar surface area (TPSA) is 29.1 Å². The van der Waals surface area contributed by atoms with Crippen LogP contribution < -0.4 is 5.32 Å². The van der Waals surface area contributed by atoms with Crippen molar-refractivity contribution >= 4 is 21.8 Å². The van der Waals surface area contributed by atoms with Gasteiger partial charge >= 0.3 is 0 Å². The van der Waals surface area contributed by atoms with E-state index in [4.69, 9.17) is 0 Å². The molecule has 0 bridgehead atoms. The molecule has 1 amide bonds. The summed E-state index contributed by atoms with van der Waals surface area (Å²) in [5.41, 5.74) is 3.02. The molecule has 0 atom stereocenters. The Morgan fingerprint density at radius 1 is 1.19 bits per heavy atom. The maximum absolute atomic E-state index is 11.8. The average molecular weight is 284 g/mol. The number of hydrogen-bond acceptors (Lipinski definition) is 1. The number of hydrogen-bond donors (Lipinski definition) is 1. The second-order valence-electron chi connectivity index (χ2n) is 4.03. The van der Waals surface area contributed by atoms with E-state index in [0.717, 1.165) is 41.4 Å². The van der Waals surface area contributed by atoms with E-state index < -0.39 is 0 Å². The molecule has 0 aliphatic rings. The molecule has 0 aromatic heterocycles. The van der Waals surface area contributed by atoms with Crippen LogP contribution in [-0.2, 0) is 0 Å². The Labute approximate surface area is 106 Å². The van der Waals surface area contributed by atoms with Gasteiger partial charge in [-0.25, -0.2) is 0 Å². The number of unbranched alkanes of at least 4 members (excludes halogenated alkanes) is 1. The van der Waals surface area contributed by atoms with E-state index in [0.29, 0.717) is 0 Å². The van der Waals surface area contributed by atoms with Gasteiger partial charge in [-0.15, -0.1) is 0 Å². The van der Waals surface area contributed by atoms with Gasteiger partial charge in [-0.2, -0.15) is 0 Å². The third kappa shape index (κ3) is 4.35. The molecule has 0 aliphatic carbocycles. The number of halogens is 1. The second kappa shape index (κ2) is 6.69. The SMILES string of the molecule is Cc1cc(C)cc(C(=O)NCCCCBr)c1. The molecule has 1 N–H and O–H groups in total. The van der Waals surface area contributed by atoms with E-state index in [1.165, 1.54) is 0 Å².